The molecule has 2 nitrogen and oxygen atoms in total. The van der Waals surface area contributed by atoms with Crippen LogP contribution in [0.3, 0.4) is 0 Å². The largest absolute Gasteiger partial charge is 0.478 e. The fourth-order valence-corrected chi connectivity index (χ4v) is 0.506. The van der Waals surface area contributed by atoms with Crippen LogP contribution in [0.2, 0.25) is 0 Å². The van der Waals surface area contributed by atoms with E-state index in [-0.39, 0.29) is 6.61 Å². The third kappa shape index (κ3) is 1.72. The van der Waals surface area contributed by atoms with Gasteiger partial charge in [0.05, 0.1) is 6.61 Å². The van der Waals surface area contributed by atoms with Crippen molar-refractivity contribution in [3.63, 3.8) is 0 Å². The summed E-state index contributed by atoms with van der Waals surface area (Å²) in [5, 5.41) is 0. The molecule has 0 amide bonds. The quantitative estimate of drug-likeness (QED) is 0.598. The van der Waals surface area contributed by atoms with Crippen molar-refractivity contribution in [2.45, 2.75) is 6.85 Å². The predicted octanol–water partition coefficient (Wildman–Crippen LogP) is 1.48. The van der Waals surface area contributed by atoms with E-state index < -0.39 is 6.85 Å². The van der Waals surface area contributed by atoms with E-state index in [1.165, 1.54) is 0 Å². The van der Waals surface area contributed by atoms with Crippen LogP contribution in [0.15, 0.2) is 24.4 Å². The minimum absolute atomic E-state index is 0.302. The van der Waals surface area contributed by atoms with Gasteiger partial charge in [-0.05, 0) is 12.9 Å². The Hall–Kier alpha value is -1.05. The molecule has 2 heteroatoms. The second-order valence-corrected chi connectivity index (χ2v) is 1.46. The standard InChI is InChI=1S/C7H9NO/c1-2-9-7-5-3-4-6-8-7/h3-6H,2H2,1H3/i1D3. The average Bonchev–Trinajstić information content (AvgIpc) is 2.02. The summed E-state index contributed by atoms with van der Waals surface area (Å²) in [4.78, 5) is 3.81. The van der Waals surface area contributed by atoms with Crippen LogP contribution in [-0.2, 0) is 0 Å². The normalized spacial score (nSPS) is 15.3. The summed E-state index contributed by atoms with van der Waals surface area (Å²) in [7, 11) is 0. The van der Waals surface area contributed by atoms with Crippen molar-refractivity contribution in [1.82, 2.24) is 4.98 Å². The van der Waals surface area contributed by atoms with E-state index in [0.29, 0.717) is 5.88 Å². The zero-order chi connectivity index (χ0) is 9.03. The summed E-state index contributed by atoms with van der Waals surface area (Å²) in [6.07, 6.45) is 1.55. The summed E-state index contributed by atoms with van der Waals surface area (Å²) >= 11 is 0. The monoisotopic (exact) mass is 126 g/mol. The molecule has 0 radical (unpaired) electrons. The van der Waals surface area contributed by atoms with Gasteiger partial charge in [0.2, 0.25) is 5.88 Å². The minimum Gasteiger partial charge on any atom is -0.478 e. The van der Waals surface area contributed by atoms with Gasteiger partial charge in [0.25, 0.3) is 0 Å². The molecule has 0 aromatic carbocycles. The van der Waals surface area contributed by atoms with Crippen LogP contribution in [0.4, 0.5) is 0 Å². The topological polar surface area (TPSA) is 22.1 Å². The Morgan fingerprint density at radius 3 is 3.44 bits per heavy atom. The van der Waals surface area contributed by atoms with Crippen molar-refractivity contribution in [2.24, 2.45) is 0 Å². The van der Waals surface area contributed by atoms with E-state index in [9.17, 15) is 0 Å². The second-order valence-electron chi connectivity index (χ2n) is 1.46. The van der Waals surface area contributed by atoms with Crippen LogP contribution < -0.4 is 4.74 Å². The van der Waals surface area contributed by atoms with Gasteiger partial charge in [0.15, 0.2) is 0 Å². The van der Waals surface area contributed by atoms with Crippen LogP contribution in [-0.4, -0.2) is 11.6 Å². The molecule has 1 heterocycles. The SMILES string of the molecule is [2H]C([2H])([2H])COc1ccccn1. The van der Waals surface area contributed by atoms with Gasteiger partial charge in [-0.2, -0.15) is 0 Å². The van der Waals surface area contributed by atoms with Crippen molar-refractivity contribution < 1.29 is 8.85 Å². The lowest BCUT2D eigenvalue weighted by molar-refractivity contribution is 0.327. The van der Waals surface area contributed by atoms with Gasteiger partial charge in [-0.3, -0.25) is 0 Å². The van der Waals surface area contributed by atoms with Gasteiger partial charge in [-0.1, -0.05) is 6.07 Å². The molecule has 0 unspecified atom stereocenters. The van der Waals surface area contributed by atoms with Gasteiger partial charge in [-0.25, -0.2) is 4.98 Å². The molecule has 0 spiro atoms. The van der Waals surface area contributed by atoms with Gasteiger partial charge >= 0.3 is 0 Å². The molecular weight excluding hydrogens is 114 g/mol. The maximum Gasteiger partial charge on any atom is 0.213 e. The van der Waals surface area contributed by atoms with Gasteiger partial charge in [0.1, 0.15) is 0 Å². The van der Waals surface area contributed by atoms with Crippen molar-refractivity contribution >= 4 is 0 Å². The number of hydrogen-bond donors (Lipinski definition) is 0. The summed E-state index contributed by atoms with van der Waals surface area (Å²) in [6, 6.07) is 5.09. The molecule has 0 aliphatic rings. The van der Waals surface area contributed by atoms with E-state index in [4.69, 9.17) is 8.85 Å². The molecule has 0 N–H and O–H groups in total. The number of ether oxygens (including phenoxy) is 1. The van der Waals surface area contributed by atoms with Crippen molar-refractivity contribution in [2.75, 3.05) is 6.61 Å². The summed E-state index contributed by atoms with van der Waals surface area (Å²) in [5.74, 6) is 0.341. The molecule has 0 aliphatic carbocycles. The molecular formula is C7H9NO. The zero-order valence-electron chi connectivity index (χ0n) is 7.87. The first kappa shape index (κ1) is 3.20. The zero-order valence-corrected chi connectivity index (χ0v) is 4.87. The number of rotatable bonds is 2. The predicted molar refractivity (Wildman–Crippen MR) is 35.4 cm³/mol. The lowest BCUT2D eigenvalue weighted by atomic mass is 10.5. The average molecular weight is 126 g/mol. The molecule has 0 saturated heterocycles. The molecule has 1 rings (SSSR count). The Kier molecular flexibility index (Phi) is 1.09. The van der Waals surface area contributed by atoms with Crippen molar-refractivity contribution in [3.05, 3.63) is 24.4 Å². The number of aromatic nitrogens is 1. The first-order valence-electron chi connectivity index (χ1n) is 4.12. The van der Waals surface area contributed by atoms with Crippen LogP contribution in [0, 0.1) is 0 Å². The van der Waals surface area contributed by atoms with Crippen LogP contribution in [0.25, 0.3) is 0 Å². The van der Waals surface area contributed by atoms with Gasteiger partial charge in [-0.15, -0.1) is 0 Å². The Balaban J connectivity index is 2.44. The first-order chi connectivity index (χ1) is 5.58. The Morgan fingerprint density at radius 2 is 2.78 bits per heavy atom. The fourth-order valence-electron chi connectivity index (χ4n) is 0.506. The van der Waals surface area contributed by atoms with E-state index in [2.05, 4.69) is 4.98 Å². The molecule has 1 aromatic rings. The number of hydrogen-bond acceptors (Lipinski definition) is 2. The lowest BCUT2D eigenvalue weighted by Crippen LogP contribution is -1.92. The van der Waals surface area contributed by atoms with E-state index in [1.54, 1.807) is 24.4 Å². The third-order valence-electron chi connectivity index (χ3n) is 0.858. The summed E-state index contributed by atoms with van der Waals surface area (Å²) in [6.45, 7) is -2.36. The van der Waals surface area contributed by atoms with Crippen molar-refractivity contribution in [3.8, 4) is 5.88 Å². The van der Waals surface area contributed by atoms with Gasteiger partial charge in [0, 0.05) is 16.4 Å². The second kappa shape index (κ2) is 3.07. The highest BCUT2D eigenvalue weighted by Gasteiger charge is 1.85. The fraction of sp³-hybridized carbons (Fsp3) is 0.286. The van der Waals surface area contributed by atoms with Gasteiger partial charge < -0.3 is 4.74 Å². The summed E-state index contributed by atoms with van der Waals surface area (Å²) < 4.78 is 25.5. The lowest BCUT2D eigenvalue weighted by Gasteiger charge is -1.97. The maximum absolute atomic E-state index is 6.86. The van der Waals surface area contributed by atoms with Crippen LogP contribution in [0.1, 0.15) is 11.0 Å². The van der Waals surface area contributed by atoms with Crippen LogP contribution in [0.5, 0.6) is 5.88 Å². The molecule has 48 valence electrons. The molecule has 1 aromatic heterocycles. The molecule has 9 heavy (non-hydrogen) atoms. The molecule has 0 bridgehead atoms. The van der Waals surface area contributed by atoms with E-state index >= 15 is 0 Å². The molecule has 0 aliphatic heterocycles. The maximum atomic E-state index is 6.86. The number of nitrogens with zero attached hydrogens (tertiary/aromatic N) is 1. The highest BCUT2D eigenvalue weighted by molar-refractivity contribution is 5.08. The molecule has 0 saturated carbocycles. The van der Waals surface area contributed by atoms with E-state index in [1.807, 2.05) is 0 Å². The van der Waals surface area contributed by atoms with E-state index in [0.717, 1.165) is 0 Å². The molecule has 0 fully saturated rings. The van der Waals surface area contributed by atoms with Crippen molar-refractivity contribution in [1.29, 1.82) is 0 Å². The van der Waals surface area contributed by atoms with Crippen LogP contribution >= 0.6 is 0 Å². The summed E-state index contributed by atoms with van der Waals surface area (Å²) in [5.41, 5.74) is 0. The smallest absolute Gasteiger partial charge is 0.213 e. The number of pyridine rings is 1. The Labute approximate surface area is 58.7 Å². The Morgan fingerprint density at radius 1 is 1.78 bits per heavy atom. The highest BCUT2D eigenvalue weighted by atomic mass is 16.5. The Bertz CT molecular complexity index is 234. The minimum atomic E-state index is -2.06. The third-order valence-corrected chi connectivity index (χ3v) is 0.858. The molecule has 0 atom stereocenters. The first-order valence-corrected chi connectivity index (χ1v) is 2.62. The highest BCUT2D eigenvalue weighted by Crippen LogP contribution is 2.01.